The van der Waals surface area contributed by atoms with Crippen molar-refractivity contribution in [2.24, 2.45) is 0 Å². The first kappa shape index (κ1) is 12.8. The molecule has 0 unspecified atom stereocenters. The fourth-order valence-electron chi connectivity index (χ4n) is 2.52. The Labute approximate surface area is 105 Å². The molecular weight excluding hydrogens is 263 g/mol. The zero-order chi connectivity index (χ0) is 12.5. The van der Waals surface area contributed by atoms with Crippen molar-refractivity contribution in [2.45, 2.75) is 36.0 Å². The summed E-state index contributed by atoms with van der Waals surface area (Å²) in [6.45, 7) is -0.389. The van der Waals surface area contributed by atoms with Gasteiger partial charge < -0.3 is 0 Å². The second-order valence-electron chi connectivity index (χ2n) is 4.58. The highest BCUT2D eigenvalue weighted by molar-refractivity contribution is 8.13. The molecule has 0 amide bonds. The molecule has 0 aliphatic heterocycles. The van der Waals surface area contributed by atoms with Gasteiger partial charge in [-0.25, -0.2) is 8.42 Å². The second-order valence-corrected chi connectivity index (χ2v) is 7.15. The Balaban J connectivity index is 2.35. The fourth-order valence-corrected chi connectivity index (χ4v) is 3.29. The zero-order valence-corrected chi connectivity index (χ0v) is 10.9. The van der Waals surface area contributed by atoms with Crippen molar-refractivity contribution in [1.82, 2.24) is 0 Å². The Hall–Kier alpha value is -0.610. The van der Waals surface area contributed by atoms with Gasteiger partial charge >= 0.3 is 0 Å². The van der Waals surface area contributed by atoms with Crippen LogP contribution < -0.4 is 0 Å². The quantitative estimate of drug-likeness (QED) is 0.793. The summed E-state index contributed by atoms with van der Waals surface area (Å²) in [5.41, 5.74) is 0.468. The molecule has 17 heavy (non-hydrogen) atoms. The predicted octanol–water partition coefficient (Wildman–Crippen LogP) is 3.40. The fraction of sp³-hybridized carbons (Fsp3) is 0.500. The van der Waals surface area contributed by atoms with Crippen LogP contribution in [0.4, 0.5) is 4.39 Å². The average molecular weight is 277 g/mol. The minimum absolute atomic E-state index is 0.0647. The van der Waals surface area contributed by atoms with Gasteiger partial charge in [0.25, 0.3) is 9.05 Å². The molecule has 94 valence electrons. The van der Waals surface area contributed by atoms with Gasteiger partial charge in [-0.3, -0.25) is 4.39 Å². The summed E-state index contributed by atoms with van der Waals surface area (Å²) in [6, 6.07) is 6.26. The first-order valence-corrected chi connectivity index (χ1v) is 7.90. The van der Waals surface area contributed by atoms with Gasteiger partial charge in [0.1, 0.15) is 0 Å². The molecule has 1 aromatic rings. The van der Waals surface area contributed by atoms with Gasteiger partial charge in [0.2, 0.25) is 0 Å². The summed E-state index contributed by atoms with van der Waals surface area (Å²) in [6.07, 6.45) is 3.71. The Morgan fingerprint density at radius 3 is 2.12 bits per heavy atom. The second kappa shape index (κ2) is 4.58. The summed E-state index contributed by atoms with van der Waals surface area (Å²) in [5, 5.41) is 0. The van der Waals surface area contributed by atoms with Crippen LogP contribution in [0.15, 0.2) is 29.2 Å². The molecule has 1 aromatic carbocycles. The van der Waals surface area contributed by atoms with Crippen LogP contribution in [-0.2, 0) is 14.5 Å². The van der Waals surface area contributed by atoms with E-state index >= 15 is 0 Å². The highest BCUT2D eigenvalue weighted by Crippen LogP contribution is 2.41. The molecule has 1 fully saturated rings. The van der Waals surface area contributed by atoms with E-state index < -0.39 is 14.5 Å². The lowest BCUT2D eigenvalue weighted by atomic mass is 9.80. The highest BCUT2D eigenvalue weighted by atomic mass is 35.7. The van der Waals surface area contributed by atoms with Gasteiger partial charge in [-0.2, -0.15) is 0 Å². The van der Waals surface area contributed by atoms with Crippen LogP contribution in [0.1, 0.15) is 31.2 Å². The van der Waals surface area contributed by atoms with Gasteiger partial charge in [0.15, 0.2) is 0 Å². The normalized spacial score (nSPS) is 19.4. The molecule has 0 spiro atoms. The number of hydrogen-bond acceptors (Lipinski definition) is 2. The summed E-state index contributed by atoms with van der Waals surface area (Å²) in [4.78, 5) is 0.0647. The molecule has 0 N–H and O–H groups in total. The maximum atomic E-state index is 13.2. The summed E-state index contributed by atoms with van der Waals surface area (Å²) in [5.74, 6) is 0. The molecule has 2 rings (SSSR count). The van der Waals surface area contributed by atoms with E-state index in [4.69, 9.17) is 10.7 Å². The molecule has 5 heteroatoms. The predicted molar refractivity (Wildman–Crippen MR) is 65.6 cm³/mol. The SMILES string of the molecule is O=S(=O)(Cl)c1ccc(C2(CF)CCCC2)cc1. The van der Waals surface area contributed by atoms with Gasteiger partial charge in [-0.05, 0) is 30.5 Å². The molecular formula is C12H14ClFO2S. The smallest absolute Gasteiger partial charge is 0.250 e. The van der Waals surface area contributed by atoms with Crippen molar-refractivity contribution in [3.8, 4) is 0 Å². The third-order valence-electron chi connectivity index (χ3n) is 3.56. The van der Waals surface area contributed by atoms with Crippen LogP contribution >= 0.6 is 10.7 Å². The standard InChI is InChI=1S/C12H14ClFO2S/c13-17(15,16)11-5-3-10(4-6-11)12(9-14)7-1-2-8-12/h3-6H,1-2,7-9H2. The van der Waals surface area contributed by atoms with Crippen LogP contribution in [0, 0.1) is 0 Å². The van der Waals surface area contributed by atoms with Crippen LogP contribution in [0.2, 0.25) is 0 Å². The van der Waals surface area contributed by atoms with E-state index in [-0.39, 0.29) is 11.6 Å². The maximum absolute atomic E-state index is 13.2. The van der Waals surface area contributed by atoms with Crippen molar-refractivity contribution < 1.29 is 12.8 Å². The van der Waals surface area contributed by atoms with Gasteiger partial charge in [-0.15, -0.1) is 0 Å². The maximum Gasteiger partial charge on any atom is 0.261 e. The minimum Gasteiger partial charge on any atom is -0.250 e. The third-order valence-corrected chi connectivity index (χ3v) is 4.93. The third kappa shape index (κ3) is 2.47. The summed E-state index contributed by atoms with van der Waals surface area (Å²) >= 11 is 0. The molecule has 0 aromatic heterocycles. The number of halogens is 2. The molecule has 0 atom stereocenters. The monoisotopic (exact) mass is 276 g/mol. The van der Waals surface area contributed by atoms with Crippen molar-refractivity contribution >= 4 is 19.7 Å². The molecule has 1 aliphatic rings. The Kier molecular flexibility index (Phi) is 3.46. The minimum atomic E-state index is -3.69. The molecule has 0 bridgehead atoms. The Morgan fingerprint density at radius 1 is 1.18 bits per heavy atom. The van der Waals surface area contributed by atoms with E-state index in [1.807, 2.05) is 0 Å². The van der Waals surface area contributed by atoms with Gasteiger partial charge in [0, 0.05) is 16.1 Å². The largest absolute Gasteiger partial charge is 0.261 e. The van der Waals surface area contributed by atoms with E-state index in [0.717, 1.165) is 31.2 Å². The molecule has 0 heterocycles. The van der Waals surface area contributed by atoms with Crippen molar-refractivity contribution in [3.63, 3.8) is 0 Å². The Bertz CT molecular complexity index is 490. The molecule has 2 nitrogen and oxygen atoms in total. The molecule has 0 saturated heterocycles. The van der Waals surface area contributed by atoms with Crippen LogP contribution in [-0.4, -0.2) is 15.1 Å². The lowest BCUT2D eigenvalue weighted by Crippen LogP contribution is -2.24. The number of alkyl halides is 1. The first-order chi connectivity index (χ1) is 7.98. The van der Waals surface area contributed by atoms with Crippen LogP contribution in [0.5, 0.6) is 0 Å². The Morgan fingerprint density at radius 2 is 1.71 bits per heavy atom. The van der Waals surface area contributed by atoms with E-state index in [1.54, 1.807) is 12.1 Å². The topological polar surface area (TPSA) is 34.1 Å². The van der Waals surface area contributed by atoms with Crippen LogP contribution in [0.25, 0.3) is 0 Å². The molecule has 0 radical (unpaired) electrons. The molecule has 1 saturated carbocycles. The average Bonchev–Trinajstić information content (AvgIpc) is 2.78. The van der Waals surface area contributed by atoms with Crippen molar-refractivity contribution in [2.75, 3.05) is 6.67 Å². The number of benzene rings is 1. The highest BCUT2D eigenvalue weighted by Gasteiger charge is 2.35. The number of rotatable bonds is 3. The zero-order valence-electron chi connectivity index (χ0n) is 9.33. The lowest BCUT2D eigenvalue weighted by molar-refractivity contribution is 0.309. The van der Waals surface area contributed by atoms with E-state index in [9.17, 15) is 12.8 Å². The first-order valence-electron chi connectivity index (χ1n) is 5.59. The van der Waals surface area contributed by atoms with Crippen molar-refractivity contribution in [3.05, 3.63) is 29.8 Å². The van der Waals surface area contributed by atoms with E-state index in [0.29, 0.717) is 0 Å². The van der Waals surface area contributed by atoms with Crippen LogP contribution in [0.3, 0.4) is 0 Å². The van der Waals surface area contributed by atoms with Crippen molar-refractivity contribution in [1.29, 1.82) is 0 Å². The molecule has 1 aliphatic carbocycles. The summed E-state index contributed by atoms with van der Waals surface area (Å²) < 4.78 is 35.4. The number of hydrogen-bond donors (Lipinski definition) is 0. The van der Waals surface area contributed by atoms with E-state index in [1.165, 1.54) is 12.1 Å². The van der Waals surface area contributed by atoms with Gasteiger partial charge in [-0.1, -0.05) is 25.0 Å². The van der Waals surface area contributed by atoms with E-state index in [2.05, 4.69) is 0 Å². The van der Waals surface area contributed by atoms with Gasteiger partial charge in [0.05, 0.1) is 11.6 Å². The summed E-state index contributed by atoms with van der Waals surface area (Å²) in [7, 11) is 1.55. The lowest BCUT2D eigenvalue weighted by Gasteiger charge is -2.25.